The number of nitrogens with one attached hydrogen (secondary N) is 1. The normalized spacial score (nSPS) is 19.9. The minimum absolute atomic E-state index is 0.0827. The smallest absolute Gasteiger partial charge is 0.317 e. The van der Waals surface area contributed by atoms with Crippen LogP contribution in [0.3, 0.4) is 0 Å². The Morgan fingerprint density at radius 3 is 3.22 bits per heavy atom. The molecule has 18 heavy (non-hydrogen) atoms. The maximum absolute atomic E-state index is 11.8. The van der Waals surface area contributed by atoms with Crippen molar-refractivity contribution in [1.29, 1.82) is 0 Å². The maximum Gasteiger partial charge on any atom is 0.317 e. The van der Waals surface area contributed by atoms with Crippen LogP contribution in [0.4, 0.5) is 4.79 Å². The van der Waals surface area contributed by atoms with Crippen LogP contribution in [0.25, 0.3) is 0 Å². The summed E-state index contributed by atoms with van der Waals surface area (Å²) in [5, 5.41) is 15.4. The topological polar surface area (TPSA) is 65.5 Å². The first kappa shape index (κ1) is 13.3. The molecule has 100 valence electrons. The number of aryl methyl sites for hydroxylation is 1. The van der Waals surface area contributed by atoms with E-state index in [0.717, 1.165) is 36.5 Å². The van der Waals surface area contributed by atoms with Crippen LogP contribution in [0.2, 0.25) is 0 Å². The molecule has 1 unspecified atom stereocenters. The van der Waals surface area contributed by atoms with Gasteiger partial charge in [-0.25, -0.2) is 9.78 Å². The van der Waals surface area contributed by atoms with Crippen LogP contribution in [0.1, 0.15) is 23.5 Å². The lowest BCUT2D eigenvalue weighted by atomic mass is 10.1. The molecule has 1 fully saturated rings. The minimum atomic E-state index is -0.370. The Balaban J connectivity index is 1.71. The largest absolute Gasteiger partial charge is 0.391 e. The molecule has 2 amide bonds. The SMILES string of the molecule is Cc1nc(CCNC(=O)N2CCCC(O)C2)cs1. The van der Waals surface area contributed by atoms with Gasteiger partial charge in [0, 0.05) is 31.4 Å². The lowest BCUT2D eigenvalue weighted by molar-refractivity contribution is 0.0843. The number of likely N-dealkylation sites (tertiary alicyclic amines) is 1. The summed E-state index contributed by atoms with van der Waals surface area (Å²) in [5.74, 6) is 0. The molecular weight excluding hydrogens is 250 g/mol. The Bertz CT molecular complexity index is 408. The number of nitrogens with zero attached hydrogens (tertiary/aromatic N) is 2. The molecule has 0 radical (unpaired) electrons. The minimum Gasteiger partial charge on any atom is -0.391 e. The number of amides is 2. The molecule has 5 nitrogen and oxygen atoms in total. The molecule has 0 spiro atoms. The molecule has 1 aliphatic heterocycles. The first-order valence-electron chi connectivity index (χ1n) is 6.27. The lowest BCUT2D eigenvalue weighted by Gasteiger charge is -2.30. The van der Waals surface area contributed by atoms with E-state index in [1.807, 2.05) is 12.3 Å². The monoisotopic (exact) mass is 269 g/mol. The molecule has 0 bridgehead atoms. The average molecular weight is 269 g/mol. The predicted octanol–water partition coefficient (Wildman–Crippen LogP) is 1.16. The standard InChI is InChI=1S/C12H19N3O2S/c1-9-14-10(8-18-9)4-5-13-12(17)15-6-2-3-11(16)7-15/h8,11,16H,2-7H2,1H3,(H,13,17). The van der Waals surface area contributed by atoms with Crippen molar-refractivity contribution < 1.29 is 9.90 Å². The van der Waals surface area contributed by atoms with Gasteiger partial charge in [-0.05, 0) is 19.8 Å². The number of piperidine rings is 1. The van der Waals surface area contributed by atoms with Gasteiger partial charge in [-0.1, -0.05) is 0 Å². The third-order valence-electron chi connectivity index (χ3n) is 3.01. The third kappa shape index (κ3) is 3.68. The second-order valence-electron chi connectivity index (χ2n) is 4.58. The summed E-state index contributed by atoms with van der Waals surface area (Å²) in [4.78, 5) is 17.9. The quantitative estimate of drug-likeness (QED) is 0.865. The number of aliphatic hydroxyl groups is 1. The van der Waals surface area contributed by atoms with Gasteiger partial charge in [-0.2, -0.15) is 0 Å². The van der Waals surface area contributed by atoms with E-state index < -0.39 is 0 Å². The summed E-state index contributed by atoms with van der Waals surface area (Å²) in [6.07, 6.45) is 2.06. The molecule has 2 N–H and O–H groups in total. The van der Waals surface area contributed by atoms with Gasteiger partial charge >= 0.3 is 6.03 Å². The van der Waals surface area contributed by atoms with E-state index in [0.29, 0.717) is 13.1 Å². The van der Waals surface area contributed by atoms with Gasteiger partial charge in [0.05, 0.1) is 16.8 Å². The summed E-state index contributed by atoms with van der Waals surface area (Å²) in [7, 11) is 0. The second kappa shape index (κ2) is 6.15. The van der Waals surface area contributed by atoms with Crippen molar-refractivity contribution in [2.75, 3.05) is 19.6 Å². The zero-order valence-corrected chi connectivity index (χ0v) is 11.4. The number of hydrogen-bond acceptors (Lipinski definition) is 4. The van der Waals surface area contributed by atoms with E-state index in [4.69, 9.17) is 0 Å². The van der Waals surface area contributed by atoms with E-state index in [2.05, 4.69) is 10.3 Å². The fourth-order valence-electron chi connectivity index (χ4n) is 2.07. The number of aliphatic hydroxyl groups excluding tert-OH is 1. The molecule has 1 aromatic rings. The van der Waals surface area contributed by atoms with Crippen LogP contribution in [0.5, 0.6) is 0 Å². The molecule has 2 heterocycles. The van der Waals surface area contributed by atoms with E-state index in [1.54, 1.807) is 16.2 Å². The van der Waals surface area contributed by atoms with E-state index in [-0.39, 0.29) is 12.1 Å². The Hall–Kier alpha value is -1.14. The number of aromatic nitrogens is 1. The second-order valence-corrected chi connectivity index (χ2v) is 5.64. The number of hydrogen-bond donors (Lipinski definition) is 2. The van der Waals surface area contributed by atoms with Crippen LogP contribution >= 0.6 is 11.3 Å². The molecule has 6 heteroatoms. The predicted molar refractivity (Wildman–Crippen MR) is 70.8 cm³/mol. The Labute approximate surface area is 111 Å². The van der Waals surface area contributed by atoms with E-state index in [1.165, 1.54) is 0 Å². The zero-order valence-electron chi connectivity index (χ0n) is 10.6. The number of rotatable bonds is 3. The Morgan fingerprint density at radius 2 is 2.56 bits per heavy atom. The molecule has 0 saturated carbocycles. The number of carbonyl (C=O) groups is 1. The lowest BCUT2D eigenvalue weighted by Crippen LogP contribution is -2.47. The van der Waals surface area contributed by atoms with Crippen molar-refractivity contribution in [2.45, 2.75) is 32.3 Å². The molecule has 1 aliphatic rings. The van der Waals surface area contributed by atoms with Crippen molar-refractivity contribution in [2.24, 2.45) is 0 Å². The van der Waals surface area contributed by atoms with Crippen molar-refractivity contribution in [3.05, 3.63) is 16.1 Å². The fourth-order valence-corrected chi connectivity index (χ4v) is 2.72. The highest BCUT2D eigenvalue weighted by molar-refractivity contribution is 7.09. The summed E-state index contributed by atoms with van der Waals surface area (Å²) in [6, 6.07) is -0.0827. The molecule has 2 rings (SSSR count). The van der Waals surface area contributed by atoms with Crippen LogP contribution in [-0.4, -0.2) is 46.8 Å². The highest BCUT2D eigenvalue weighted by atomic mass is 32.1. The third-order valence-corrected chi connectivity index (χ3v) is 3.83. The summed E-state index contributed by atoms with van der Waals surface area (Å²) in [6.45, 7) is 3.75. The van der Waals surface area contributed by atoms with E-state index in [9.17, 15) is 9.90 Å². The van der Waals surface area contributed by atoms with Crippen molar-refractivity contribution in [3.8, 4) is 0 Å². The molecule has 0 aromatic carbocycles. The summed E-state index contributed by atoms with van der Waals surface area (Å²) < 4.78 is 0. The summed E-state index contributed by atoms with van der Waals surface area (Å²) in [5.41, 5.74) is 1.02. The number of β-amino-alcohol motifs (C(OH)–C–C–N with tert-alkyl or cyclic N) is 1. The van der Waals surface area contributed by atoms with Crippen LogP contribution in [0.15, 0.2) is 5.38 Å². The van der Waals surface area contributed by atoms with Gasteiger partial charge in [-0.15, -0.1) is 11.3 Å². The van der Waals surface area contributed by atoms with Crippen LogP contribution < -0.4 is 5.32 Å². The van der Waals surface area contributed by atoms with Crippen LogP contribution in [-0.2, 0) is 6.42 Å². The molecule has 1 saturated heterocycles. The van der Waals surface area contributed by atoms with Crippen molar-refractivity contribution >= 4 is 17.4 Å². The first-order valence-corrected chi connectivity index (χ1v) is 7.15. The Morgan fingerprint density at radius 1 is 1.72 bits per heavy atom. The molecular formula is C12H19N3O2S. The number of carbonyl (C=O) groups excluding carboxylic acids is 1. The van der Waals surface area contributed by atoms with Gasteiger partial charge < -0.3 is 15.3 Å². The Kier molecular flexibility index (Phi) is 4.54. The molecule has 1 atom stereocenters. The molecule has 0 aliphatic carbocycles. The number of thiazole rings is 1. The average Bonchev–Trinajstić information content (AvgIpc) is 2.75. The van der Waals surface area contributed by atoms with Crippen molar-refractivity contribution in [1.82, 2.24) is 15.2 Å². The van der Waals surface area contributed by atoms with Gasteiger partial charge in [0.15, 0.2) is 0 Å². The zero-order chi connectivity index (χ0) is 13.0. The first-order chi connectivity index (χ1) is 8.65. The van der Waals surface area contributed by atoms with Gasteiger partial charge in [-0.3, -0.25) is 0 Å². The number of urea groups is 1. The van der Waals surface area contributed by atoms with Gasteiger partial charge in [0.25, 0.3) is 0 Å². The summed E-state index contributed by atoms with van der Waals surface area (Å²) >= 11 is 1.62. The van der Waals surface area contributed by atoms with Gasteiger partial charge in [0.1, 0.15) is 0 Å². The highest BCUT2D eigenvalue weighted by Gasteiger charge is 2.21. The highest BCUT2D eigenvalue weighted by Crippen LogP contribution is 2.10. The maximum atomic E-state index is 11.8. The fraction of sp³-hybridized carbons (Fsp3) is 0.667. The van der Waals surface area contributed by atoms with Gasteiger partial charge in [0.2, 0.25) is 0 Å². The van der Waals surface area contributed by atoms with Crippen molar-refractivity contribution in [3.63, 3.8) is 0 Å². The van der Waals surface area contributed by atoms with Crippen LogP contribution in [0, 0.1) is 6.92 Å². The van der Waals surface area contributed by atoms with E-state index >= 15 is 0 Å². The molecule has 1 aromatic heterocycles.